The normalized spacial score (nSPS) is 11.1. The summed E-state index contributed by atoms with van der Waals surface area (Å²) >= 11 is 5.69. The number of rotatable bonds is 6. The fourth-order valence-electron chi connectivity index (χ4n) is 1.55. The number of nitrogens with one attached hydrogen (secondary N) is 1. The average molecular weight is 245 g/mol. The van der Waals surface area contributed by atoms with Gasteiger partial charge in [-0.1, -0.05) is 17.7 Å². The summed E-state index contributed by atoms with van der Waals surface area (Å²) in [6, 6.07) is 4.83. The lowest BCUT2D eigenvalue weighted by molar-refractivity contribution is 0.316. The highest BCUT2D eigenvalue weighted by Gasteiger charge is 2.05. The Balaban J connectivity index is 2.46. The molecule has 1 N–H and O–H groups in total. The van der Waals surface area contributed by atoms with Gasteiger partial charge in [0.1, 0.15) is 5.82 Å². The van der Waals surface area contributed by atoms with E-state index in [-0.39, 0.29) is 5.82 Å². The molecule has 0 heterocycles. The highest BCUT2D eigenvalue weighted by atomic mass is 35.5. The van der Waals surface area contributed by atoms with Crippen molar-refractivity contribution in [1.29, 1.82) is 0 Å². The molecule has 0 aliphatic carbocycles. The van der Waals surface area contributed by atoms with Crippen LogP contribution in [0.4, 0.5) is 4.39 Å². The summed E-state index contributed by atoms with van der Waals surface area (Å²) in [5.74, 6) is -0.229. The van der Waals surface area contributed by atoms with Gasteiger partial charge in [-0.25, -0.2) is 4.39 Å². The highest BCUT2D eigenvalue weighted by molar-refractivity contribution is 6.30. The van der Waals surface area contributed by atoms with E-state index < -0.39 is 0 Å². The van der Waals surface area contributed by atoms with E-state index in [2.05, 4.69) is 10.2 Å². The van der Waals surface area contributed by atoms with Gasteiger partial charge in [0.25, 0.3) is 0 Å². The van der Waals surface area contributed by atoms with Gasteiger partial charge in [-0.2, -0.15) is 0 Å². The summed E-state index contributed by atoms with van der Waals surface area (Å²) in [6.07, 6.45) is 1.06. The molecular formula is C12H18ClFN2. The van der Waals surface area contributed by atoms with Crippen LogP contribution in [0.15, 0.2) is 18.2 Å². The molecule has 90 valence electrons. The third kappa shape index (κ3) is 4.47. The van der Waals surface area contributed by atoms with Crippen molar-refractivity contribution in [2.45, 2.75) is 13.0 Å². The van der Waals surface area contributed by atoms with E-state index in [1.165, 1.54) is 6.07 Å². The smallest absolute Gasteiger partial charge is 0.129 e. The first-order valence-electron chi connectivity index (χ1n) is 5.40. The topological polar surface area (TPSA) is 15.3 Å². The number of hydrogen-bond acceptors (Lipinski definition) is 2. The van der Waals surface area contributed by atoms with Crippen molar-refractivity contribution in [3.05, 3.63) is 34.6 Å². The Morgan fingerprint density at radius 2 is 2.19 bits per heavy atom. The van der Waals surface area contributed by atoms with E-state index in [4.69, 9.17) is 11.6 Å². The number of nitrogens with zero attached hydrogens (tertiary/aromatic N) is 1. The Kier molecular flexibility index (Phi) is 5.74. The fourth-order valence-corrected chi connectivity index (χ4v) is 1.70. The minimum absolute atomic E-state index is 0.229. The number of halogens is 2. The molecule has 0 aliphatic heterocycles. The molecule has 0 unspecified atom stereocenters. The van der Waals surface area contributed by atoms with Crippen molar-refractivity contribution in [2.24, 2.45) is 0 Å². The molecule has 0 bridgehead atoms. The minimum atomic E-state index is -0.229. The van der Waals surface area contributed by atoms with E-state index in [9.17, 15) is 4.39 Å². The molecule has 16 heavy (non-hydrogen) atoms. The van der Waals surface area contributed by atoms with Gasteiger partial charge < -0.3 is 10.2 Å². The van der Waals surface area contributed by atoms with E-state index >= 15 is 0 Å². The van der Waals surface area contributed by atoms with Gasteiger partial charge in [-0.3, -0.25) is 0 Å². The SMILES string of the molecule is CNCCCN(C)Cc1ccc(Cl)cc1F. The van der Waals surface area contributed by atoms with Gasteiger partial charge in [-0.15, -0.1) is 0 Å². The monoisotopic (exact) mass is 244 g/mol. The van der Waals surface area contributed by atoms with Gasteiger partial charge in [0, 0.05) is 17.1 Å². The van der Waals surface area contributed by atoms with Crippen molar-refractivity contribution >= 4 is 11.6 Å². The molecule has 0 aliphatic rings. The Morgan fingerprint density at radius 1 is 1.44 bits per heavy atom. The standard InChI is InChI=1S/C12H18ClFN2/c1-15-6-3-7-16(2)9-10-4-5-11(13)8-12(10)14/h4-5,8,15H,3,6-7,9H2,1-2H3. The molecule has 0 amide bonds. The van der Waals surface area contributed by atoms with Crippen LogP contribution in [0.2, 0.25) is 5.02 Å². The first-order chi connectivity index (χ1) is 7.63. The van der Waals surface area contributed by atoms with Gasteiger partial charge in [0.05, 0.1) is 0 Å². The van der Waals surface area contributed by atoms with Crippen LogP contribution in [-0.2, 0) is 6.54 Å². The predicted octanol–water partition coefficient (Wildman–Crippen LogP) is 2.52. The Labute approximate surface area is 101 Å². The lowest BCUT2D eigenvalue weighted by Gasteiger charge is -2.16. The average Bonchev–Trinajstić information content (AvgIpc) is 2.23. The predicted molar refractivity (Wildman–Crippen MR) is 66.3 cm³/mol. The van der Waals surface area contributed by atoms with E-state index in [1.54, 1.807) is 12.1 Å². The van der Waals surface area contributed by atoms with Crippen LogP contribution in [-0.4, -0.2) is 32.1 Å². The number of benzene rings is 1. The van der Waals surface area contributed by atoms with Crippen LogP contribution in [0.5, 0.6) is 0 Å². The lowest BCUT2D eigenvalue weighted by atomic mass is 10.2. The molecule has 2 nitrogen and oxygen atoms in total. The first kappa shape index (κ1) is 13.4. The number of hydrogen-bond donors (Lipinski definition) is 1. The maximum absolute atomic E-state index is 13.5. The third-order valence-electron chi connectivity index (χ3n) is 2.42. The fraction of sp³-hybridized carbons (Fsp3) is 0.500. The van der Waals surface area contributed by atoms with Crippen LogP contribution in [0.3, 0.4) is 0 Å². The molecule has 1 aromatic carbocycles. The van der Waals surface area contributed by atoms with E-state index in [1.807, 2.05) is 14.1 Å². The van der Waals surface area contributed by atoms with Crippen molar-refractivity contribution < 1.29 is 4.39 Å². The molecule has 0 saturated heterocycles. The van der Waals surface area contributed by atoms with Crippen LogP contribution in [0.1, 0.15) is 12.0 Å². The summed E-state index contributed by atoms with van der Waals surface area (Å²) in [7, 11) is 3.92. The summed E-state index contributed by atoms with van der Waals surface area (Å²) in [5.41, 5.74) is 0.691. The van der Waals surface area contributed by atoms with Crippen molar-refractivity contribution in [1.82, 2.24) is 10.2 Å². The second-order valence-corrected chi connectivity index (χ2v) is 4.37. The first-order valence-corrected chi connectivity index (χ1v) is 5.78. The second kappa shape index (κ2) is 6.84. The zero-order valence-corrected chi connectivity index (χ0v) is 10.5. The molecule has 0 spiro atoms. The maximum atomic E-state index is 13.5. The second-order valence-electron chi connectivity index (χ2n) is 3.93. The molecular weight excluding hydrogens is 227 g/mol. The summed E-state index contributed by atoms with van der Waals surface area (Å²) in [5, 5.41) is 3.53. The Hall–Kier alpha value is -0.640. The van der Waals surface area contributed by atoms with Crippen molar-refractivity contribution in [2.75, 3.05) is 27.2 Å². The van der Waals surface area contributed by atoms with E-state index in [0.717, 1.165) is 19.5 Å². The quantitative estimate of drug-likeness (QED) is 0.774. The summed E-state index contributed by atoms with van der Waals surface area (Å²) in [6.45, 7) is 2.54. The van der Waals surface area contributed by atoms with Gasteiger partial charge in [0.2, 0.25) is 0 Å². The largest absolute Gasteiger partial charge is 0.320 e. The van der Waals surface area contributed by atoms with Crippen LogP contribution in [0.25, 0.3) is 0 Å². The molecule has 0 radical (unpaired) electrons. The van der Waals surface area contributed by atoms with Crippen molar-refractivity contribution in [3.8, 4) is 0 Å². The maximum Gasteiger partial charge on any atom is 0.129 e. The molecule has 0 fully saturated rings. The molecule has 0 aromatic heterocycles. The van der Waals surface area contributed by atoms with Gasteiger partial charge in [-0.05, 0) is 45.7 Å². The molecule has 1 rings (SSSR count). The molecule has 0 atom stereocenters. The third-order valence-corrected chi connectivity index (χ3v) is 2.66. The molecule has 0 saturated carbocycles. The zero-order chi connectivity index (χ0) is 12.0. The van der Waals surface area contributed by atoms with Crippen LogP contribution >= 0.6 is 11.6 Å². The van der Waals surface area contributed by atoms with Crippen LogP contribution in [0, 0.1) is 5.82 Å². The van der Waals surface area contributed by atoms with Gasteiger partial charge >= 0.3 is 0 Å². The zero-order valence-electron chi connectivity index (χ0n) is 9.76. The van der Waals surface area contributed by atoms with Crippen molar-refractivity contribution in [3.63, 3.8) is 0 Å². The Bertz CT molecular complexity index is 331. The molecule has 1 aromatic rings. The minimum Gasteiger partial charge on any atom is -0.320 e. The van der Waals surface area contributed by atoms with Crippen LogP contribution < -0.4 is 5.32 Å². The van der Waals surface area contributed by atoms with E-state index in [0.29, 0.717) is 17.1 Å². The van der Waals surface area contributed by atoms with Gasteiger partial charge in [0.15, 0.2) is 0 Å². The summed E-state index contributed by atoms with van der Waals surface area (Å²) < 4.78 is 13.5. The molecule has 4 heteroatoms. The summed E-state index contributed by atoms with van der Waals surface area (Å²) in [4.78, 5) is 2.10. The Morgan fingerprint density at radius 3 is 2.81 bits per heavy atom. The lowest BCUT2D eigenvalue weighted by Crippen LogP contribution is -2.22. The highest BCUT2D eigenvalue weighted by Crippen LogP contribution is 2.15.